The molecule has 0 N–H and O–H groups in total. The predicted molar refractivity (Wildman–Crippen MR) is 112 cm³/mol. The van der Waals surface area contributed by atoms with Gasteiger partial charge in [0.05, 0.1) is 10.8 Å². The Morgan fingerprint density at radius 1 is 1.07 bits per heavy atom. The fourth-order valence-corrected chi connectivity index (χ4v) is 6.05. The van der Waals surface area contributed by atoms with E-state index in [0.29, 0.717) is 24.3 Å². The van der Waals surface area contributed by atoms with E-state index in [1.165, 1.54) is 4.31 Å². The molecule has 0 spiro atoms. The van der Waals surface area contributed by atoms with Crippen molar-refractivity contribution in [2.75, 3.05) is 25.0 Å². The van der Waals surface area contributed by atoms with E-state index in [-0.39, 0.29) is 18.4 Å². The van der Waals surface area contributed by atoms with E-state index in [2.05, 4.69) is 0 Å². The summed E-state index contributed by atoms with van der Waals surface area (Å²) in [5, 5.41) is 0. The number of sulfonamides is 1. The van der Waals surface area contributed by atoms with Gasteiger partial charge in [0.2, 0.25) is 15.9 Å². The van der Waals surface area contributed by atoms with Gasteiger partial charge in [-0.15, -0.1) is 0 Å². The topological polar surface area (TPSA) is 57.7 Å². The Labute approximate surface area is 168 Å². The Hall–Kier alpha value is -2.18. The normalized spacial score (nSPS) is 18.1. The predicted octanol–water partition coefficient (Wildman–Crippen LogP) is 3.68. The number of benzene rings is 2. The molecule has 3 rings (SSSR count). The van der Waals surface area contributed by atoms with Crippen LogP contribution >= 0.6 is 0 Å². The van der Waals surface area contributed by atoms with Gasteiger partial charge in [0.15, 0.2) is 0 Å². The molecule has 1 atom stereocenters. The smallest absolute Gasteiger partial charge is 0.243 e. The molecule has 2 aromatic rings. The molecule has 2 aromatic carbocycles. The maximum absolute atomic E-state index is 13.3. The van der Waals surface area contributed by atoms with E-state index in [4.69, 9.17) is 0 Å². The van der Waals surface area contributed by atoms with Crippen LogP contribution in [0.1, 0.15) is 29.5 Å². The average molecular weight is 401 g/mol. The molecule has 1 amide bonds. The number of carbonyl (C=O) groups excluding carboxylic acids is 1. The molecule has 0 aromatic heterocycles. The number of para-hydroxylation sites is 1. The van der Waals surface area contributed by atoms with Crippen molar-refractivity contribution < 1.29 is 13.2 Å². The number of hydrogen-bond donors (Lipinski definition) is 0. The fourth-order valence-electron chi connectivity index (χ4n) is 4.12. The molecule has 0 bridgehead atoms. The summed E-state index contributed by atoms with van der Waals surface area (Å²) < 4.78 is 28.2. The van der Waals surface area contributed by atoms with Crippen LogP contribution in [0.2, 0.25) is 0 Å². The van der Waals surface area contributed by atoms with E-state index in [9.17, 15) is 13.2 Å². The summed E-state index contributed by atoms with van der Waals surface area (Å²) in [5.74, 6) is -0.372. The molecule has 1 fully saturated rings. The zero-order chi connectivity index (χ0) is 20.5. The van der Waals surface area contributed by atoms with E-state index in [1.807, 2.05) is 63.2 Å². The first-order valence-electron chi connectivity index (χ1n) is 9.62. The third-order valence-electron chi connectivity index (χ3n) is 5.41. The molecular weight excluding hydrogens is 372 g/mol. The van der Waals surface area contributed by atoms with Gasteiger partial charge in [0.25, 0.3) is 0 Å². The van der Waals surface area contributed by atoms with Gasteiger partial charge in [-0.2, -0.15) is 4.31 Å². The summed E-state index contributed by atoms with van der Waals surface area (Å²) in [6, 6.07) is 13.2. The van der Waals surface area contributed by atoms with Crippen molar-refractivity contribution in [2.45, 2.75) is 38.5 Å². The van der Waals surface area contributed by atoms with Crippen LogP contribution in [0, 0.1) is 26.7 Å². The van der Waals surface area contributed by atoms with Gasteiger partial charge < -0.3 is 4.90 Å². The minimum Gasteiger partial charge on any atom is -0.315 e. The first-order chi connectivity index (χ1) is 13.2. The van der Waals surface area contributed by atoms with Crippen LogP contribution in [0.3, 0.4) is 0 Å². The summed E-state index contributed by atoms with van der Waals surface area (Å²) in [6.45, 7) is 6.32. The molecule has 0 aliphatic carbocycles. The van der Waals surface area contributed by atoms with E-state index in [0.717, 1.165) is 22.4 Å². The number of hydrogen-bond acceptors (Lipinski definition) is 3. The summed E-state index contributed by atoms with van der Waals surface area (Å²) in [7, 11) is -1.88. The number of aryl methyl sites for hydroxylation is 3. The van der Waals surface area contributed by atoms with Crippen LogP contribution in [0.25, 0.3) is 0 Å². The molecule has 28 heavy (non-hydrogen) atoms. The van der Waals surface area contributed by atoms with E-state index < -0.39 is 10.0 Å². The third-order valence-corrected chi connectivity index (χ3v) is 7.58. The lowest BCUT2D eigenvalue weighted by Gasteiger charge is -2.34. The molecule has 1 aliphatic heterocycles. The Balaban J connectivity index is 1.84. The summed E-state index contributed by atoms with van der Waals surface area (Å²) in [4.78, 5) is 15.0. The maximum atomic E-state index is 13.3. The quantitative estimate of drug-likeness (QED) is 0.787. The van der Waals surface area contributed by atoms with Crippen molar-refractivity contribution in [3.05, 3.63) is 59.2 Å². The summed E-state index contributed by atoms with van der Waals surface area (Å²) in [5.41, 5.74) is 3.38. The molecule has 1 aliphatic rings. The lowest BCUT2D eigenvalue weighted by molar-refractivity contribution is -0.123. The Bertz CT molecular complexity index is 948. The van der Waals surface area contributed by atoms with Crippen molar-refractivity contribution in [2.24, 2.45) is 5.92 Å². The minimum atomic E-state index is -3.63. The molecule has 5 nitrogen and oxygen atoms in total. The largest absolute Gasteiger partial charge is 0.315 e. The fraction of sp³-hybridized carbons (Fsp3) is 0.409. The van der Waals surface area contributed by atoms with Crippen molar-refractivity contribution in [1.82, 2.24) is 4.31 Å². The van der Waals surface area contributed by atoms with E-state index in [1.54, 1.807) is 11.9 Å². The monoisotopic (exact) mass is 400 g/mol. The molecule has 1 heterocycles. The molecule has 0 unspecified atom stereocenters. The highest BCUT2D eigenvalue weighted by atomic mass is 32.2. The van der Waals surface area contributed by atoms with Crippen LogP contribution in [-0.4, -0.2) is 38.8 Å². The number of nitrogens with zero attached hydrogens (tertiary/aromatic N) is 2. The van der Waals surface area contributed by atoms with Gasteiger partial charge in [0.1, 0.15) is 0 Å². The number of carbonyl (C=O) groups is 1. The minimum absolute atomic E-state index is 0.0385. The van der Waals surface area contributed by atoms with Crippen molar-refractivity contribution in [3.63, 3.8) is 0 Å². The third kappa shape index (κ3) is 3.98. The van der Waals surface area contributed by atoms with Gasteiger partial charge in [-0.3, -0.25) is 4.79 Å². The van der Waals surface area contributed by atoms with Crippen LogP contribution in [0.4, 0.5) is 5.69 Å². The molecule has 0 saturated carbocycles. The summed E-state index contributed by atoms with van der Waals surface area (Å²) >= 11 is 0. The van der Waals surface area contributed by atoms with Crippen LogP contribution in [0.15, 0.2) is 47.4 Å². The van der Waals surface area contributed by atoms with Crippen molar-refractivity contribution in [1.29, 1.82) is 0 Å². The van der Waals surface area contributed by atoms with Crippen molar-refractivity contribution in [3.8, 4) is 0 Å². The SMILES string of the molecule is Cc1cc(C)c(S(=O)(=O)N2CCC[C@@H](C(=O)N(C)c3ccccc3)C2)c(C)c1. The van der Waals surface area contributed by atoms with Gasteiger partial charge >= 0.3 is 0 Å². The van der Waals surface area contributed by atoms with Crippen molar-refractivity contribution >= 4 is 21.6 Å². The first kappa shape index (κ1) is 20.6. The molecule has 150 valence electrons. The van der Waals surface area contributed by atoms with Gasteiger partial charge in [0, 0.05) is 25.8 Å². The first-order valence-corrected chi connectivity index (χ1v) is 11.1. The van der Waals surface area contributed by atoms with Gasteiger partial charge in [-0.1, -0.05) is 35.9 Å². The zero-order valence-electron chi connectivity index (χ0n) is 17.0. The standard InChI is InChI=1S/C22H28N2O3S/c1-16-13-17(2)21(18(3)14-16)28(26,27)24-12-8-9-19(15-24)22(25)23(4)20-10-6-5-7-11-20/h5-7,10-11,13-14,19H,8-9,12,15H2,1-4H3/t19-/m1/s1. The van der Waals surface area contributed by atoms with Crippen LogP contribution in [0.5, 0.6) is 0 Å². The molecular formula is C22H28N2O3S. The van der Waals surface area contributed by atoms with Gasteiger partial charge in [-0.25, -0.2) is 8.42 Å². The number of piperidine rings is 1. The number of anilines is 1. The highest BCUT2D eigenvalue weighted by Gasteiger charge is 2.36. The highest BCUT2D eigenvalue weighted by molar-refractivity contribution is 7.89. The van der Waals surface area contributed by atoms with E-state index >= 15 is 0 Å². The molecule has 1 saturated heterocycles. The van der Waals surface area contributed by atoms with Gasteiger partial charge in [-0.05, 0) is 56.9 Å². The molecule has 0 radical (unpaired) electrons. The molecule has 6 heteroatoms. The summed E-state index contributed by atoms with van der Waals surface area (Å²) in [6.07, 6.45) is 1.39. The zero-order valence-corrected chi connectivity index (χ0v) is 17.8. The second-order valence-corrected chi connectivity index (χ2v) is 9.54. The second kappa shape index (κ2) is 8.05. The lowest BCUT2D eigenvalue weighted by Crippen LogP contribution is -2.46. The Morgan fingerprint density at radius 2 is 1.68 bits per heavy atom. The number of amides is 1. The highest BCUT2D eigenvalue weighted by Crippen LogP contribution is 2.30. The Kier molecular flexibility index (Phi) is 5.91. The average Bonchev–Trinajstić information content (AvgIpc) is 2.66. The number of rotatable bonds is 4. The Morgan fingerprint density at radius 3 is 2.29 bits per heavy atom. The van der Waals surface area contributed by atoms with Crippen LogP contribution < -0.4 is 4.90 Å². The van der Waals surface area contributed by atoms with Crippen LogP contribution in [-0.2, 0) is 14.8 Å². The lowest BCUT2D eigenvalue weighted by atomic mass is 9.98. The maximum Gasteiger partial charge on any atom is 0.243 e. The second-order valence-electron chi connectivity index (χ2n) is 7.66.